The Labute approximate surface area is 495 Å². The second-order valence-corrected chi connectivity index (χ2v) is 24.9. The minimum Gasteiger partial charge on any atom is -0.479 e. The number of ether oxygens (including phenoxy) is 10. The molecule has 0 aromatic heterocycles. The average molecular weight is 1430 g/mol. The molecular formula is C32H55N3O43S8. The lowest BCUT2D eigenvalue weighted by Crippen LogP contribution is -2.71. The van der Waals surface area contributed by atoms with Gasteiger partial charge in [-0.15, -0.1) is 0 Å². The highest BCUT2D eigenvalue weighted by Crippen LogP contribution is 2.38. The summed E-state index contributed by atoms with van der Waals surface area (Å²) in [5.41, 5.74) is 0. The number of nitrogens with zero attached hydrogens (tertiary/aromatic N) is 1. The first kappa shape index (κ1) is 76.3. The van der Waals surface area contributed by atoms with Gasteiger partial charge < -0.3 is 92.4 Å². The fraction of sp³-hybridized carbons (Fsp3) is 0.938. The predicted molar refractivity (Wildman–Crippen MR) is 261 cm³/mol. The second-order valence-electron chi connectivity index (χ2n) is 17.8. The summed E-state index contributed by atoms with van der Waals surface area (Å²) in [6, 6.07) is -6.62. The molecule has 0 saturated carbocycles. The van der Waals surface area contributed by atoms with Crippen LogP contribution in [0.25, 0.3) is 0 Å². The van der Waals surface area contributed by atoms with E-state index in [9.17, 15) is 124 Å². The molecule has 4 rings (SSSR count). The van der Waals surface area contributed by atoms with Crippen molar-refractivity contribution >= 4 is 99.5 Å². The number of carbonyl (C=O) groups is 2. The maximum absolute atomic E-state index is 12.9. The molecule has 86 heavy (non-hydrogen) atoms. The van der Waals surface area contributed by atoms with Crippen molar-refractivity contribution in [1.82, 2.24) is 9.44 Å². The number of aliphatic hydroxyl groups excluding tert-OH is 6. The smallest absolute Gasteiger partial charge is 0.397 e. The topological polar surface area (TPSA) is 697 Å². The second kappa shape index (κ2) is 31.0. The third-order valence-corrected chi connectivity index (χ3v) is 15.2. The molecule has 4 saturated heterocycles. The van der Waals surface area contributed by atoms with Crippen LogP contribution in [0.2, 0.25) is 0 Å². The van der Waals surface area contributed by atoms with Crippen molar-refractivity contribution in [2.24, 2.45) is 4.36 Å². The van der Waals surface area contributed by atoms with Gasteiger partial charge in [0.15, 0.2) is 49.8 Å². The van der Waals surface area contributed by atoms with Gasteiger partial charge in [0.1, 0.15) is 97.5 Å². The maximum atomic E-state index is 12.9. The number of nitrogens with one attached hydrogen (secondary N) is 2. The maximum Gasteiger partial charge on any atom is 0.397 e. The van der Waals surface area contributed by atoms with Crippen molar-refractivity contribution in [3.05, 3.63) is 0 Å². The molecule has 4 aliphatic rings. The zero-order chi connectivity index (χ0) is 65.6. The van der Waals surface area contributed by atoms with Crippen LogP contribution in [0, 0.1) is 0 Å². The van der Waals surface area contributed by atoms with Gasteiger partial charge in [0.25, 0.3) is 0 Å². The molecule has 0 aromatic rings. The highest BCUT2D eigenvalue weighted by atomic mass is 32.3. The molecule has 0 bridgehead atoms. The molecule has 46 nitrogen and oxygen atoms in total. The van der Waals surface area contributed by atoms with E-state index in [0.717, 1.165) is 7.11 Å². The van der Waals surface area contributed by atoms with Crippen LogP contribution >= 0.6 is 12.9 Å². The first-order valence-corrected chi connectivity index (χ1v) is 31.9. The van der Waals surface area contributed by atoms with Crippen molar-refractivity contribution in [1.29, 1.82) is 0 Å². The normalized spacial score (nSPS) is 35.9. The van der Waals surface area contributed by atoms with Crippen LogP contribution in [0.4, 0.5) is 0 Å². The van der Waals surface area contributed by atoms with Gasteiger partial charge in [0, 0.05) is 19.5 Å². The lowest BCUT2D eigenvalue weighted by atomic mass is 9.94. The zero-order valence-electron chi connectivity index (χ0n) is 42.5. The number of rotatable bonds is 33. The van der Waals surface area contributed by atoms with E-state index in [2.05, 4.69) is 46.4 Å². The first-order valence-electron chi connectivity index (χ1n) is 22.8. The van der Waals surface area contributed by atoms with Crippen molar-refractivity contribution < 1.29 is 197 Å². The zero-order valence-corrected chi connectivity index (χ0v) is 49.1. The van der Waals surface area contributed by atoms with E-state index < -0.39 is 248 Å². The third kappa shape index (κ3) is 22.3. The summed E-state index contributed by atoms with van der Waals surface area (Å²) in [6.07, 6.45) is -56.3. The number of carboxylic acids is 2. The fourth-order valence-corrected chi connectivity index (χ4v) is 11.3. The molecule has 4 aliphatic heterocycles. The minimum atomic E-state index is -6.26. The third-order valence-electron chi connectivity index (χ3n) is 11.8. The van der Waals surface area contributed by atoms with Gasteiger partial charge in [-0.1, -0.05) is 0 Å². The number of hydrogen-bond donors (Lipinski definition) is 17. The van der Waals surface area contributed by atoms with Gasteiger partial charge in [-0.3, -0.25) is 27.3 Å². The molecule has 0 aliphatic carbocycles. The Morgan fingerprint density at radius 1 is 0.570 bits per heavy atom. The Bertz CT molecular complexity index is 2980. The van der Waals surface area contributed by atoms with Crippen LogP contribution in [-0.4, -0.2) is 311 Å². The molecular weight excluding hydrogens is 1370 g/mol. The quantitative estimate of drug-likeness (QED) is 0.0126. The van der Waals surface area contributed by atoms with E-state index in [0.29, 0.717) is 0 Å². The molecule has 4 fully saturated rings. The number of aliphatic carboxylic acids is 2. The summed E-state index contributed by atoms with van der Waals surface area (Å²) in [4.78, 5) is 25.7. The highest BCUT2D eigenvalue weighted by molar-refractivity contribution is 7.84. The van der Waals surface area contributed by atoms with E-state index in [1.54, 1.807) is 0 Å². The SMILES string of the molecule is CO[C@H](OC(COS)[C@H](CO)O[C@@H]1OC(C(=O)O)[C@@H](O[C@H]2OC(COS(=O)(=O)O)[C@@H](O[C@@H]3OC(C(=O)O)[C@@H](O[C@H]4OC(COS(=O)(=O)O)[C@@H](O)C(O)C4NS(=O)(=O)O)C(O)C3O)C(OS(=O)(=O)O)C2NS(=O)(=O)O)C(O)C1OS(=O)(=O)O)C(C)N=S. The van der Waals surface area contributed by atoms with E-state index in [4.69, 9.17) is 56.1 Å². The van der Waals surface area contributed by atoms with Gasteiger partial charge >= 0.3 is 74.1 Å². The summed E-state index contributed by atoms with van der Waals surface area (Å²) < 4.78 is 285. The summed E-state index contributed by atoms with van der Waals surface area (Å²) in [5.74, 6) is -4.66. The van der Waals surface area contributed by atoms with Crippen molar-refractivity contribution in [2.75, 3.05) is 33.5 Å². The van der Waals surface area contributed by atoms with E-state index in [1.165, 1.54) is 16.4 Å². The van der Waals surface area contributed by atoms with Crippen LogP contribution in [0.15, 0.2) is 4.36 Å². The Balaban J connectivity index is 1.84. The van der Waals surface area contributed by atoms with E-state index in [1.807, 2.05) is 0 Å². The number of thiol groups is 1. The van der Waals surface area contributed by atoms with Crippen LogP contribution in [-0.2, 0) is 153 Å². The number of carboxylic acid groups (broad SMARTS) is 2. The van der Waals surface area contributed by atoms with Crippen LogP contribution < -0.4 is 9.44 Å². The molecule has 0 radical (unpaired) electrons. The van der Waals surface area contributed by atoms with Crippen molar-refractivity contribution in [3.63, 3.8) is 0 Å². The summed E-state index contributed by atoms with van der Waals surface area (Å²) >= 11 is 8.24. The minimum absolute atomic E-state index is 0.703. The van der Waals surface area contributed by atoms with Gasteiger partial charge in [-0.05, 0) is 19.8 Å². The van der Waals surface area contributed by atoms with Gasteiger partial charge in [0.2, 0.25) is 0 Å². The van der Waals surface area contributed by atoms with Crippen molar-refractivity contribution in [3.8, 4) is 0 Å². The highest BCUT2D eigenvalue weighted by Gasteiger charge is 2.60. The van der Waals surface area contributed by atoms with Crippen LogP contribution in [0.1, 0.15) is 6.92 Å². The Morgan fingerprint density at radius 2 is 1.02 bits per heavy atom. The summed E-state index contributed by atoms with van der Waals surface area (Å²) in [6.45, 7) is -3.93. The largest absolute Gasteiger partial charge is 0.479 e. The number of aliphatic hydroxyl groups is 6. The molecule has 0 spiro atoms. The Hall–Kier alpha value is -2.15. The predicted octanol–water partition coefficient (Wildman–Crippen LogP) is -10.7. The van der Waals surface area contributed by atoms with Crippen LogP contribution in [0.3, 0.4) is 0 Å². The number of methoxy groups -OCH3 is 1. The molecule has 0 amide bonds. The molecule has 0 aromatic carbocycles. The number of hydrogen-bond acceptors (Lipinski definition) is 38. The first-order chi connectivity index (χ1) is 39.3. The Kier molecular flexibility index (Phi) is 27.5. The summed E-state index contributed by atoms with van der Waals surface area (Å²) in [5, 5.41) is 86.8. The molecule has 4 heterocycles. The fourth-order valence-electron chi connectivity index (χ4n) is 8.27. The van der Waals surface area contributed by atoms with Gasteiger partial charge in [-0.25, -0.2) is 30.7 Å². The monoisotopic (exact) mass is 1420 g/mol. The molecule has 16 N–H and O–H groups in total. The van der Waals surface area contributed by atoms with E-state index >= 15 is 0 Å². The lowest BCUT2D eigenvalue weighted by molar-refractivity contribution is -0.370. The standard InChI is InChI=1S/C32H55N3O43S8/c1-7(33-79)28(64-2)69-9(4-65-80)8(3-36)68-32-23(78-86(61,62)63)18(41)22(25(76-32)27(44)45)74-30-13(35-82(49,50)51)20(77-85(58,59)60)19(11(71-30)6-67-84(55,56)57)72-31-17(40)16(39)21(24(75-31)26(42)43)73-29-12(34-81(46,47)48)15(38)14(37)10(70-29)5-66-83(52,53)54/h7-25,28-32,34-41,80H,3-6H2,1-2H3,(H,42,43)(H,44,45)(H,46,47,48)(H,49,50,51)(H,52,53,54)(H,55,56,57)(H,58,59,60)(H,61,62,63)/t7?,8-,9?,10?,11?,12?,13?,14+,15?,16?,17?,18?,19+,20?,21-,22-,23?,24?,25?,28+,29+,30+,31+,32+/m0/s1. The molecule has 24 atom stereocenters. The summed E-state index contributed by atoms with van der Waals surface area (Å²) in [7, 11) is -33.9. The molecule has 504 valence electrons. The molecule has 14 unspecified atom stereocenters. The lowest BCUT2D eigenvalue weighted by Gasteiger charge is -2.50. The average Bonchev–Trinajstić information content (AvgIpc) is 0.827. The Morgan fingerprint density at radius 3 is 1.48 bits per heavy atom. The van der Waals surface area contributed by atoms with Crippen molar-refractivity contribution in [2.45, 2.75) is 154 Å². The van der Waals surface area contributed by atoms with Crippen LogP contribution in [0.5, 0.6) is 0 Å². The van der Waals surface area contributed by atoms with E-state index in [-0.39, 0.29) is 0 Å². The molecule has 54 heteroatoms. The van der Waals surface area contributed by atoms with Gasteiger partial charge in [-0.2, -0.15) is 60.0 Å². The van der Waals surface area contributed by atoms with Gasteiger partial charge in [0.05, 0.1) is 26.4 Å².